The third-order valence-corrected chi connectivity index (χ3v) is 2.89. The Balaban J connectivity index is 2.15. The molecule has 0 amide bonds. The van der Waals surface area contributed by atoms with Gasteiger partial charge in [0.1, 0.15) is 11.5 Å². The topological polar surface area (TPSA) is 76.7 Å². The van der Waals surface area contributed by atoms with Gasteiger partial charge in [-0.05, 0) is 18.1 Å². The standard InChI is InChI=1S/C13H16ClN5/c1-2-4-10-18-12(14)11(15)13(19-10)17-8-9-5-3-6-16-7-9/h3,5-7H,2,4,8,15H2,1H3,(H,17,18,19). The van der Waals surface area contributed by atoms with Gasteiger partial charge in [-0.15, -0.1) is 0 Å². The van der Waals surface area contributed by atoms with Crippen LogP contribution >= 0.6 is 11.6 Å². The molecule has 0 aliphatic heterocycles. The molecule has 0 spiro atoms. The molecule has 0 radical (unpaired) electrons. The van der Waals surface area contributed by atoms with Gasteiger partial charge in [-0.25, -0.2) is 9.97 Å². The maximum absolute atomic E-state index is 6.01. The maximum atomic E-state index is 6.01. The largest absolute Gasteiger partial charge is 0.393 e. The van der Waals surface area contributed by atoms with Crippen molar-refractivity contribution < 1.29 is 0 Å². The molecule has 100 valence electrons. The lowest BCUT2D eigenvalue weighted by molar-refractivity contribution is 0.835. The summed E-state index contributed by atoms with van der Waals surface area (Å²) in [5.74, 6) is 1.28. The quantitative estimate of drug-likeness (QED) is 0.822. The smallest absolute Gasteiger partial charge is 0.157 e. The Labute approximate surface area is 117 Å². The van der Waals surface area contributed by atoms with Crippen LogP contribution in [0.2, 0.25) is 5.15 Å². The average Bonchev–Trinajstić information content (AvgIpc) is 2.42. The number of nitrogens with zero attached hydrogens (tertiary/aromatic N) is 3. The van der Waals surface area contributed by atoms with Crippen molar-refractivity contribution in [3.05, 3.63) is 41.1 Å². The molecule has 2 heterocycles. The zero-order valence-corrected chi connectivity index (χ0v) is 11.5. The highest BCUT2D eigenvalue weighted by Gasteiger charge is 2.09. The number of nitrogens with one attached hydrogen (secondary N) is 1. The van der Waals surface area contributed by atoms with Gasteiger partial charge in [-0.1, -0.05) is 24.6 Å². The molecule has 0 saturated carbocycles. The third-order valence-electron chi connectivity index (χ3n) is 2.60. The van der Waals surface area contributed by atoms with Crippen molar-refractivity contribution in [1.82, 2.24) is 15.0 Å². The molecule has 0 saturated heterocycles. The number of rotatable bonds is 5. The van der Waals surface area contributed by atoms with E-state index in [0.717, 1.165) is 18.4 Å². The summed E-state index contributed by atoms with van der Waals surface area (Å²) in [5.41, 5.74) is 7.31. The highest BCUT2D eigenvalue weighted by Crippen LogP contribution is 2.24. The van der Waals surface area contributed by atoms with Crippen molar-refractivity contribution >= 4 is 23.1 Å². The first kappa shape index (κ1) is 13.5. The number of aryl methyl sites for hydroxylation is 1. The van der Waals surface area contributed by atoms with Crippen LogP contribution < -0.4 is 11.1 Å². The fourth-order valence-corrected chi connectivity index (χ4v) is 1.83. The van der Waals surface area contributed by atoms with Crippen molar-refractivity contribution in [2.45, 2.75) is 26.3 Å². The second kappa shape index (κ2) is 6.33. The number of nitrogens with two attached hydrogens (primary N) is 1. The molecule has 0 bridgehead atoms. The fraction of sp³-hybridized carbons (Fsp3) is 0.308. The van der Waals surface area contributed by atoms with E-state index in [1.54, 1.807) is 12.4 Å². The summed E-state index contributed by atoms with van der Waals surface area (Å²) < 4.78 is 0. The van der Waals surface area contributed by atoms with Gasteiger partial charge in [0.2, 0.25) is 0 Å². The highest BCUT2D eigenvalue weighted by molar-refractivity contribution is 6.32. The summed E-state index contributed by atoms with van der Waals surface area (Å²) in [7, 11) is 0. The number of nitrogen functional groups attached to an aromatic ring is 1. The van der Waals surface area contributed by atoms with E-state index >= 15 is 0 Å². The van der Waals surface area contributed by atoms with Crippen LogP contribution in [0.1, 0.15) is 24.7 Å². The Kier molecular flexibility index (Phi) is 4.52. The van der Waals surface area contributed by atoms with E-state index in [4.69, 9.17) is 17.3 Å². The Morgan fingerprint density at radius 1 is 1.37 bits per heavy atom. The van der Waals surface area contributed by atoms with E-state index < -0.39 is 0 Å². The molecule has 5 nitrogen and oxygen atoms in total. The first-order valence-electron chi connectivity index (χ1n) is 6.15. The van der Waals surface area contributed by atoms with Crippen LogP contribution in [0, 0.1) is 0 Å². The van der Waals surface area contributed by atoms with E-state index in [1.165, 1.54) is 0 Å². The lowest BCUT2D eigenvalue weighted by Gasteiger charge is -2.10. The van der Waals surface area contributed by atoms with Crippen LogP contribution in [0.5, 0.6) is 0 Å². The first-order chi connectivity index (χ1) is 9.20. The molecule has 19 heavy (non-hydrogen) atoms. The van der Waals surface area contributed by atoms with Crippen molar-refractivity contribution in [2.24, 2.45) is 0 Å². The number of halogens is 1. The predicted octanol–water partition coefficient (Wildman–Crippen LogP) is 2.67. The lowest BCUT2D eigenvalue weighted by atomic mass is 10.3. The summed E-state index contributed by atoms with van der Waals surface area (Å²) >= 11 is 6.01. The average molecular weight is 278 g/mol. The zero-order chi connectivity index (χ0) is 13.7. The SMILES string of the molecule is CCCc1nc(Cl)c(N)c(NCc2cccnc2)n1. The molecule has 2 rings (SSSR count). The van der Waals surface area contributed by atoms with Crippen molar-refractivity contribution in [3.63, 3.8) is 0 Å². The highest BCUT2D eigenvalue weighted by atomic mass is 35.5. The van der Waals surface area contributed by atoms with Gasteiger partial charge >= 0.3 is 0 Å². The Morgan fingerprint density at radius 3 is 2.89 bits per heavy atom. The molecule has 0 aliphatic rings. The zero-order valence-electron chi connectivity index (χ0n) is 10.7. The Bertz CT molecular complexity index is 544. The van der Waals surface area contributed by atoms with Crippen LogP contribution in [0.25, 0.3) is 0 Å². The fourth-order valence-electron chi connectivity index (χ4n) is 1.64. The normalized spacial score (nSPS) is 10.4. The molecule has 0 aromatic carbocycles. The molecule has 6 heteroatoms. The van der Waals surface area contributed by atoms with Crippen LogP contribution in [0.3, 0.4) is 0 Å². The van der Waals surface area contributed by atoms with Crippen LogP contribution in [0.4, 0.5) is 11.5 Å². The number of pyridine rings is 1. The molecule has 0 fully saturated rings. The van der Waals surface area contributed by atoms with Gasteiger partial charge in [0.15, 0.2) is 11.0 Å². The summed E-state index contributed by atoms with van der Waals surface area (Å²) in [6, 6.07) is 3.86. The Hall–Kier alpha value is -1.88. The number of hydrogen-bond acceptors (Lipinski definition) is 5. The van der Waals surface area contributed by atoms with Gasteiger partial charge in [-0.3, -0.25) is 4.98 Å². The summed E-state index contributed by atoms with van der Waals surface area (Å²) in [6.45, 7) is 2.66. The lowest BCUT2D eigenvalue weighted by Crippen LogP contribution is -2.08. The molecule has 0 atom stereocenters. The second-order valence-electron chi connectivity index (χ2n) is 4.16. The van der Waals surface area contributed by atoms with Gasteiger partial charge < -0.3 is 11.1 Å². The van der Waals surface area contributed by atoms with Crippen molar-refractivity contribution in [2.75, 3.05) is 11.1 Å². The second-order valence-corrected chi connectivity index (χ2v) is 4.52. The van der Waals surface area contributed by atoms with Crippen LogP contribution in [0.15, 0.2) is 24.5 Å². The first-order valence-corrected chi connectivity index (χ1v) is 6.53. The molecule has 0 unspecified atom stereocenters. The van der Waals surface area contributed by atoms with Gasteiger partial charge in [0, 0.05) is 25.4 Å². The third kappa shape index (κ3) is 3.54. The van der Waals surface area contributed by atoms with E-state index in [0.29, 0.717) is 29.0 Å². The Morgan fingerprint density at radius 2 is 2.21 bits per heavy atom. The van der Waals surface area contributed by atoms with E-state index in [-0.39, 0.29) is 0 Å². The van der Waals surface area contributed by atoms with Crippen molar-refractivity contribution in [1.29, 1.82) is 0 Å². The molecular formula is C13H16ClN5. The number of anilines is 2. The van der Waals surface area contributed by atoms with E-state index in [2.05, 4.69) is 27.2 Å². The number of aromatic nitrogens is 3. The summed E-state index contributed by atoms with van der Waals surface area (Å²) in [6.07, 6.45) is 5.27. The summed E-state index contributed by atoms with van der Waals surface area (Å²) in [5, 5.41) is 3.47. The molecular weight excluding hydrogens is 262 g/mol. The molecule has 2 aromatic rings. The maximum Gasteiger partial charge on any atom is 0.157 e. The summed E-state index contributed by atoms with van der Waals surface area (Å²) in [4.78, 5) is 12.6. The number of hydrogen-bond donors (Lipinski definition) is 2. The minimum atomic E-state index is 0.298. The van der Waals surface area contributed by atoms with E-state index in [1.807, 2.05) is 12.1 Å². The van der Waals surface area contributed by atoms with Gasteiger partial charge in [-0.2, -0.15) is 0 Å². The monoisotopic (exact) mass is 277 g/mol. The molecule has 0 aliphatic carbocycles. The minimum Gasteiger partial charge on any atom is -0.393 e. The van der Waals surface area contributed by atoms with Gasteiger partial charge in [0.05, 0.1) is 0 Å². The molecule has 3 N–H and O–H groups in total. The van der Waals surface area contributed by atoms with Crippen LogP contribution in [-0.2, 0) is 13.0 Å². The molecule has 2 aromatic heterocycles. The predicted molar refractivity (Wildman–Crippen MR) is 77.0 cm³/mol. The van der Waals surface area contributed by atoms with Crippen LogP contribution in [-0.4, -0.2) is 15.0 Å². The van der Waals surface area contributed by atoms with Crippen molar-refractivity contribution in [3.8, 4) is 0 Å². The van der Waals surface area contributed by atoms with Gasteiger partial charge in [0.25, 0.3) is 0 Å². The van der Waals surface area contributed by atoms with E-state index in [9.17, 15) is 0 Å². The minimum absolute atomic E-state index is 0.298.